The van der Waals surface area contributed by atoms with E-state index in [9.17, 15) is 4.79 Å². The lowest BCUT2D eigenvalue weighted by Gasteiger charge is -2.16. The van der Waals surface area contributed by atoms with Gasteiger partial charge < -0.3 is 4.90 Å². The molecule has 3 rings (SSSR count). The molecular weight excluding hydrogens is 332 g/mol. The van der Waals surface area contributed by atoms with Crippen LogP contribution in [-0.2, 0) is 0 Å². The largest absolute Gasteiger partial charge is 0.328 e. The number of carbonyl (C=O) groups excluding carboxylic acids is 1. The third kappa shape index (κ3) is 3.59. The van der Waals surface area contributed by atoms with E-state index < -0.39 is 0 Å². The number of carbonyl (C=O) groups is 1. The summed E-state index contributed by atoms with van der Waals surface area (Å²) in [5, 5.41) is 6.45. The third-order valence-corrected chi connectivity index (χ3v) is 4.39. The summed E-state index contributed by atoms with van der Waals surface area (Å²) in [6.45, 7) is 8.23. The molecule has 0 aliphatic rings. The second-order valence-corrected chi connectivity index (χ2v) is 6.22. The molecule has 2 aromatic heterocycles. The standard InChI is InChI=1S/C19H18N4OS/c1-3-12-22(13-4-2)19(24)17-20-18(16-11-8-14-25-16)23(21-17)15-9-6-5-7-10-15/h3-11,14H,1-2,12-13H2. The van der Waals surface area contributed by atoms with Crippen molar-refractivity contribution in [1.29, 1.82) is 0 Å². The molecule has 5 nitrogen and oxygen atoms in total. The summed E-state index contributed by atoms with van der Waals surface area (Å²) in [6.07, 6.45) is 3.35. The number of rotatable bonds is 7. The molecular formula is C19H18N4OS. The van der Waals surface area contributed by atoms with Crippen LogP contribution in [0.25, 0.3) is 16.4 Å². The van der Waals surface area contributed by atoms with Crippen LogP contribution in [0.5, 0.6) is 0 Å². The molecule has 0 N–H and O–H groups in total. The Hall–Kier alpha value is -2.99. The van der Waals surface area contributed by atoms with Gasteiger partial charge in [0, 0.05) is 13.1 Å². The van der Waals surface area contributed by atoms with Crippen molar-refractivity contribution in [3.05, 3.63) is 79.0 Å². The van der Waals surface area contributed by atoms with Gasteiger partial charge in [-0.25, -0.2) is 9.67 Å². The Morgan fingerprint density at radius 3 is 2.44 bits per heavy atom. The number of thiophene rings is 1. The summed E-state index contributed by atoms with van der Waals surface area (Å²) in [5.74, 6) is 0.574. The highest BCUT2D eigenvalue weighted by molar-refractivity contribution is 7.13. The van der Waals surface area contributed by atoms with Gasteiger partial charge in [-0.1, -0.05) is 36.4 Å². The lowest BCUT2D eigenvalue weighted by molar-refractivity contribution is 0.0779. The molecule has 0 aliphatic carbocycles. The second-order valence-electron chi connectivity index (χ2n) is 5.27. The summed E-state index contributed by atoms with van der Waals surface area (Å²) in [5.41, 5.74) is 0.858. The Kier molecular flexibility index (Phi) is 5.20. The van der Waals surface area contributed by atoms with Gasteiger partial charge >= 0.3 is 0 Å². The van der Waals surface area contributed by atoms with Crippen LogP contribution < -0.4 is 0 Å². The van der Waals surface area contributed by atoms with Crippen molar-refractivity contribution in [1.82, 2.24) is 19.7 Å². The zero-order valence-electron chi connectivity index (χ0n) is 13.7. The molecule has 126 valence electrons. The number of benzene rings is 1. The van der Waals surface area contributed by atoms with E-state index in [-0.39, 0.29) is 11.7 Å². The van der Waals surface area contributed by atoms with Crippen molar-refractivity contribution in [2.24, 2.45) is 0 Å². The molecule has 0 fully saturated rings. The quantitative estimate of drug-likeness (QED) is 0.609. The molecule has 0 atom stereocenters. The van der Waals surface area contributed by atoms with Gasteiger partial charge in [0.05, 0.1) is 10.6 Å². The van der Waals surface area contributed by atoms with Crippen molar-refractivity contribution in [2.75, 3.05) is 13.1 Å². The van der Waals surface area contributed by atoms with Crippen LogP contribution in [-0.4, -0.2) is 38.7 Å². The number of aromatic nitrogens is 3. The molecule has 1 amide bonds. The molecule has 0 unspecified atom stereocenters. The van der Waals surface area contributed by atoms with Gasteiger partial charge in [0.15, 0.2) is 5.82 Å². The maximum atomic E-state index is 12.8. The minimum Gasteiger partial charge on any atom is -0.328 e. The smallest absolute Gasteiger partial charge is 0.294 e. The van der Waals surface area contributed by atoms with Crippen molar-refractivity contribution in [3.8, 4) is 16.4 Å². The van der Waals surface area contributed by atoms with Crippen LogP contribution >= 0.6 is 11.3 Å². The Balaban J connectivity index is 2.06. The zero-order chi connectivity index (χ0) is 17.6. The van der Waals surface area contributed by atoms with Gasteiger partial charge in [0.25, 0.3) is 5.91 Å². The third-order valence-electron chi connectivity index (χ3n) is 3.53. The average Bonchev–Trinajstić information content (AvgIpc) is 3.31. The first-order chi connectivity index (χ1) is 12.2. The van der Waals surface area contributed by atoms with Crippen molar-refractivity contribution in [2.45, 2.75) is 0 Å². The predicted molar refractivity (Wildman–Crippen MR) is 101 cm³/mol. The number of hydrogen-bond donors (Lipinski definition) is 0. The Morgan fingerprint density at radius 2 is 1.84 bits per heavy atom. The highest BCUT2D eigenvalue weighted by atomic mass is 32.1. The molecule has 0 bridgehead atoms. The van der Waals surface area contributed by atoms with Gasteiger partial charge in [0.2, 0.25) is 5.82 Å². The molecule has 25 heavy (non-hydrogen) atoms. The first kappa shape index (κ1) is 16.9. The summed E-state index contributed by atoms with van der Waals surface area (Å²) >= 11 is 1.56. The van der Waals surface area contributed by atoms with E-state index in [0.29, 0.717) is 18.9 Å². The number of nitrogens with zero attached hydrogens (tertiary/aromatic N) is 4. The molecule has 2 heterocycles. The fourth-order valence-corrected chi connectivity index (χ4v) is 3.11. The predicted octanol–water partition coefficient (Wildman–Crippen LogP) is 3.81. The zero-order valence-corrected chi connectivity index (χ0v) is 14.5. The van der Waals surface area contributed by atoms with Crippen molar-refractivity contribution in [3.63, 3.8) is 0 Å². The molecule has 0 saturated heterocycles. The molecule has 6 heteroatoms. The van der Waals surface area contributed by atoms with Gasteiger partial charge in [-0.05, 0) is 23.6 Å². The fraction of sp³-hybridized carbons (Fsp3) is 0.105. The summed E-state index contributed by atoms with van der Waals surface area (Å²) in [4.78, 5) is 19.9. The van der Waals surface area contributed by atoms with Crippen LogP contribution in [0, 0.1) is 0 Å². The van der Waals surface area contributed by atoms with E-state index in [2.05, 4.69) is 23.2 Å². The summed E-state index contributed by atoms with van der Waals surface area (Å²) in [6, 6.07) is 13.6. The summed E-state index contributed by atoms with van der Waals surface area (Å²) < 4.78 is 1.71. The summed E-state index contributed by atoms with van der Waals surface area (Å²) in [7, 11) is 0. The molecule has 0 spiro atoms. The van der Waals surface area contributed by atoms with Crippen LogP contribution in [0.1, 0.15) is 10.6 Å². The van der Waals surface area contributed by atoms with Gasteiger partial charge in [-0.15, -0.1) is 29.6 Å². The van der Waals surface area contributed by atoms with Crippen LogP contribution in [0.4, 0.5) is 0 Å². The number of hydrogen-bond acceptors (Lipinski definition) is 4. The molecule has 0 saturated carbocycles. The number of para-hydroxylation sites is 1. The van der Waals surface area contributed by atoms with E-state index in [1.807, 2.05) is 47.8 Å². The van der Waals surface area contributed by atoms with E-state index in [1.165, 1.54) is 0 Å². The second kappa shape index (κ2) is 7.72. The number of amides is 1. The molecule has 0 radical (unpaired) electrons. The Bertz CT molecular complexity index is 858. The van der Waals surface area contributed by atoms with Gasteiger partial charge in [-0.2, -0.15) is 0 Å². The monoisotopic (exact) mass is 350 g/mol. The first-order valence-corrected chi connectivity index (χ1v) is 8.70. The maximum Gasteiger partial charge on any atom is 0.294 e. The van der Waals surface area contributed by atoms with Gasteiger partial charge in [0.1, 0.15) is 0 Å². The van der Waals surface area contributed by atoms with Crippen LogP contribution in [0.2, 0.25) is 0 Å². The van der Waals surface area contributed by atoms with Gasteiger partial charge in [-0.3, -0.25) is 4.79 Å². The highest BCUT2D eigenvalue weighted by Gasteiger charge is 2.22. The van der Waals surface area contributed by atoms with E-state index >= 15 is 0 Å². The van der Waals surface area contributed by atoms with Crippen molar-refractivity contribution >= 4 is 17.2 Å². The highest BCUT2D eigenvalue weighted by Crippen LogP contribution is 2.25. The lowest BCUT2D eigenvalue weighted by atomic mass is 10.3. The Labute approximate surface area is 150 Å². The maximum absolute atomic E-state index is 12.8. The van der Waals surface area contributed by atoms with E-state index in [1.54, 1.807) is 33.1 Å². The van der Waals surface area contributed by atoms with Crippen LogP contribution in [0.3, 0.4) is 0 Å². The minimum atomic E-state index is -0.243. The van der Waals surface area contributed by atoms with E-state index in [4.69, 9.17) is 0 Å². The van der Waals surface area contributed by atoms with Crippen molar-refractivity contribution < 1.29 is 4.79 Å². The SMILES string of the molecule is C=CCN(CC=C)C(=O)c1nc(-c2cccs2)n(-c2ccccc2)n1. The first-order valence-electron chi connectivity index (χ1n) is 7.82. The molecule has 0 aliphatic heterocycles. The lowest BCUT2D eigenvalue weighted by Crippen LogP contribution is -2.32. The topological polar surface area (TPSA) is 51.0 Å². The minimum absolute atomic E-state index is 0.163. The molecule has 3 aromatic rings. The van der Waals surface area contributed by atoms with Crippen LogP contribution in [0.15, 0.2) is 73.2 Å². The molecule has 1 aromatic carbocycles. The normalized spacial score (nSPS) is 10.4. The Morgan fingerprint density at radius 1 is 1.12 bits per heavy atom. The fourth-order valence-electron chi connectivity index (χ4n) is 2.41. The van der Waals surface area contributed by atoms with E-state index in [0.717, 1.165) is 10.6 Å². The average molecular weight is 350 g/mol.